The summed E-state index contributed by atoms with van der Waals surface area (Å²) < 4.78 is 2.29. The van der Waals surface area contributed by atoms with Crippen LogP contribution in [0.3, 0.4) is 0 Å². The summed E-state index contributed by atoms with van der Waals surface area (Å²) in [5.41, 5.74) is 8.70. The Morgan fingerprint density at radius 3 is 2.74 bits per heavy atom. The number of hydrogen-bond donors (Lipinski definition) is 3. The number of carbonyl (C=O) groups is 1. The van der Waals surface area contributed by atoms with Gasteiger partial charge in [0.15, 0.2) is 17.3 Å². The molecule has 0 bridgehead atoms. The van der Waals surface area contributed by atoms with Crippen molar-refractivity contribution in [3.8, 4) is 11.3 Å². The van der Waals surface area contributed by atoms with Crippen molar-refractivity contribution < 1.29 is 9.90 Å². The summed E-state index contributed by atoms with van der Waals surface area (Å²) in [5.74, 6) is 1.91. The average molecular weight is 539 g/mol. The van der Waals surface area contributed by atoms with Gasteiger partial charge in [0, 0.05) is 42.8 Å². The highest BCUT2D eigenvalue weighted by atomic mass is 35.5. The zero-order chi connectivity index (χ0) is 26.8. The van der Waals surface area contributed by atoms with Gasteiger partial charge in [-0.25, -0.2) is 14.8 Å². The second kappa shape index (κ2) is 11.2. The fourth-order valence-corrected chi connectivity index (χ4v) is 5.87. The fourth-order valence-electron chi connectivity index (χ4n) is 5.68. The second-order valence-corrected chi connectivity index (χ2v) is 10.9. The normalized spacial score (nSPS) is 22.7. The number of amidine groups is 1. The van der Waals surface area contributed by atoms with E-state index < -0.39 is 6.09 Å². The number of imidazole rings is 1. The number of piperazine rings is 1. The van der Waals surface area contributed by atoms with Crippen LogP contribution in [0.25, 0.3) is 22.4 Å². The van der Waals surface area contributed by atoms with E-state index in [4.69, 9.17) is 27.3 Å². The SMILES string of the molecule is CCC1CNCCN1c1nc2nc(C(N)=NC(=O)O)nc(-c3cccc(Cl)c3)c2n1CC1CCC(C)CC1. The van der Waals surface area contributed by atoms with Crippen LogP contribution in [0.2, 0.25) is 5.02 Å². The van der Waals surface area contributed by atoms with Crippen LogP contribution >= 0.6 is 11.6 Å². The molecule has 3 aromatic rings. The molecule has 0 spiro atoms. The molecule has 1 aromatic carbocycles. The van der Waals surface area contributed by atoms with Crippen LogP contribution in [0.5, 0.6) is 0 Å². The van der Waals surface area contributed by atoms with Crippen LogP contribution in [0, 0.1) is 11.8 Å². The molecule has 2 aromatic heterocycles. The maximum absolute atomic E-state index is 11.3. The lowest BCUT2D eigenvalue weighted by Crippen LogP contribution is -2.52. The first-order chi connectivity index (χ1) is 18.3. The van der Waals surface area contributed by atoms with Crippen molar-refractivity contribution in [3.05, 3.63) is 35.1 Å². The number of nitrogens with two attached hydrogens (primary N) is 1. The van der Waals surface area contributed by atoms with Gasteiger partial charge in [-0.3, -0.25) is 0 Å². The highest BCUT2D eigenvalue weighted by Gasteiger charge is 2.30. The number of halogens is 1. The van der Waals surface area contributed by atoms with Crippen LogP contribution in [-0.2, 0) is 6.54 Å². The van der Waals surface area contributed by atoms with E-state index >= 15 is 0 Å². The number of benzene rings is 1. The Labute approximate surface area is 227 Å². The van der Waals surface area contributed by atoms with Crippen LogP contribution in [-0.4, -0.2) is 62.2 Å². The highest BCUT2D eigenvalue weighted by molar-refractivity contribution is 6.30. The van der Waals surface area contributed by atoms with Gasteiger partial charge < -0.3 is 25.6 Å². The maximum Gasteiger partial charge on any atom is 0.433 e. The van der Waals surface area contributed by atoms with Gasteiger partial charge in [-0.2, -0.15) is 9.98 Å². The summed E-state index contributed by atoms with van der Waals surface area (Å²) in [6.45, 7) is 7.93. The van der Waals surface area contributed by atoms with E-state index in [0.717, 1.165) is 55.5 Å². The molecule has 3 heterocycles. The smallest absolute Gasteiger partial charge is 0.433 e. The van der Waals surface area contributed by atoms with E-state index in [2.05, 4.69) is 38.6 Å². The van der Waals surface area contributed by atoms with E-state index in [1.54, 1.807) is 0 Å². The summed E-state index contributed by atoms with van der Waals surface area (Å²) >= 11 is 6.38. The van der Waals surface area contributed by atoms with Gasteiger partial charge in [-0.1, -0.05) is 50.4 Å². The Morgan fingerprint density at radius 2 is 2.03 bits per heavy atom. The molecular weight excluding hydrogens is 504 g/mol. The third kappa shape index (κ3) is 5.47. The molecule has 1 saturated carbocycles. The molecule has 38 heavy (non-hydrogen) atoms. The first kappa shape index (κ1) is 26.4. The minimum atomic E-state index is -1.40. The van der Waals surface area contributed by atoms with Crippen LogP contribution in [0.4, 0.5) is 10.7 Å². The number of rotatable bonds is 6. The third-order valence-corrected chi connectivity index (χ3v) is 8.02. The summed E-state index contributed by atoms with van der Waals surface area (Å²) in [7, 11) is 0. The van der Waals surface area contributed by atoms with Crippen molar-refractivity contribution in [2.24, 2.45) is 22.6 Å². The maximum atomic E-state index is 11.3. The summed E-state index contributed by atoms with van der Waals surface area (Å²) in [6, 6.07) is 7.75. The molecule has 5 rings (SSSR count). The number of nitrogens with zero attached hydrogens (tertiary/aromatic N) is 6. The molecule has 202 valence electrons. The molecule has 1 aliphatic heterocycles. The topological polar surface area (TPSA) is 135 Å². The Hall–Kier alpha value is -3.24. The first-order valence-electron chi connectivity index (χ1n) is 13.4. The molecule has 1 saturated heterocycles. The van der Waals surface area contributed by atoms with Crippen LogP contribution < -0.4 is 16.0 Å². The predicted octanol–water partition coefficient (Wildman–Crippen LogP) is 4.54. The van der Waals surface area contributed by atoms with Gasteiger partial charge in [-0.15, -0.1) is 0 Å². The lowest BCUT2D eigenvalue weighted by atomic mass is 9.83. The van der Waals surface area contributed by atoms with Gasteiger partial charge in [0.05, 0.1) is 0 Å². The van der Waals surface area contributed by atoms with Crippen molar-refractivity contribution >= 4 is 40.6 Å². The number of anilines is 1. The molecule has 1 atom stereocenters. The Balaban J connectivity index is 1.74. The molecular formula is C27H35ClN8O2. The second-order valence-electron chi connectivity index (χ2n) is 10.5. The van der Waals surface area contributed by atoms with Crippen molar-refractivity contribution in [1.29, 1.82) is 0 Å². The van der Waals surface area contributed by atoms with E-state index in [9.17, 15) is 9.90 Å². The molecule has 10 nitrogen and oxygen atoms in total. The van der Waals surface area contributed by atoms with Gasteiger partial charge >= 0.3 is 6.09 Å². The largest absolute Gasteiger partial charge is 0.463 e. The number of nitrogens with one attached hydrogen (secondary N) is 1. The van der Waals surface area contributed by atoms with Crippen molar-refractivity contribution in [2.75, 3.05) is 24.5 Å². The molecule has 1 amide bonds. The molecule has 4 N–H and O–H groups in total. The van der Waals surface area contributed by atoms with E-state index in [-0.39, 0.29) is 11.7 Å². The van der Waals surface area contributed by atoms with E-state index in [1.807, 2.05) is 24.3 Å². The summed E-state index contributed by atoms with van der Waals surface area (Å²) in [5, 5.41) is 13.3. The van der Waals surface area contributed by atoms with Crippen molar-refractivity contribution in [2.45, 2.75) is 58.5 Å². The zero-order valence-electron chi connectivity index (χ0n) is 21.9. The molecule has 0 radical (unpaired) electrons. The number of aliphatic imine (C=N–C) groups is 1. The molecule has 11 heteroatoms. The highest BCUT2D eigenvalue weighted by Crippen LogP contribution is 2.36. The fraction of sp³-hybridized carbons (Fsp3) is 0.519. The molecule has 2 fully saturated rings. The number of carboxylic acid groups (broad SMARTS) is 1. The quantitative estimate of drug-likeness (QED) is 0.307. The Morgan fingerprint density at radius 1 is 1.24 bits per heavy atom. The Kier molecular flexibility index (Phi) is 7.80. The number of aromatic nitrogens is 4. The lowest BCUT2D eigenvalue weighted by Gasteiger charge is -2.37. The number of amides is 1. The number of hydrogen-bond acceptors (Lipinski definition) is 6. The predicted molar refractivity (Wildman–Crippen MR) is 150 cm³/mol. The number of fused-ring (bicyclic) bond motifs is 1. The third-order valence-electron chi connectivity index (χ3n) is 7.78. The van der Waals surface area contributed by atoms with Gasteiger partial charge in [0.2, 0.25) is 5.95 Å². The zero-order valence-corrected chi connectivity index (χ0v) is 22.7. The van der Waals surface area contributed by atoms with E-state index in [0.29, 0.717) is 28.3 Å². The lowest BCUT2D eigenvalue weighted by molar-refractivity contribution is 0.205. The van der Waals surface area contributed by atoms with Crippen molar-refractivity contribution in [1.82, 2.24) is 24.8 Å². The first-order valence-corrected chi connectivity index (χ1v) is 13.8. The minimum Gasteiger partial charge on any atom is -0.463 e. The van der Waals surface area contributed by atoms with Gasteiger partial charge in [0.25, 0.3) is 0 Å². The monoisotopic (exact) mass is 538 g/mol. The van der Waals surface area contributed by atoms with Crippen LogP contribution in [0.15, 0.2) is 29.3 Å². The average Bonchev–Trinajstić information content (AvgIpc) is 3.27. The minimum absolute atomic E-state index is 0.0323. The molecule has 2 aliphatic rings. The van der Waals surface area contributed by atoms with Crippen molar-refractivity contribution in [3.63, 3.8) is 0 Å². The van der Waals surface area contributed by atoms with Gasteiger partial charge in [0.1, 0.15) is 11.2 Å². The van der Waals surface area contributed by atoms with E-state index in [1.165, 1.54) is 25.7 Å². The summed E-state index contributed by atoms with van der Waals surface area (Å²) in [6.07, 6.45) is 4.36. The Bertz CT molecular complexity index is 1350. The summed E-state index contributed by atoms with van der Waals surface area (Å²) in [4.78, 5) is 31.5. The van der Waals surface area contributed by atoms with Crippen LogP contribution in [0.1, 0.15) is 51.8 Å². The molecule has 1 unspecified atom stereocenters. The van der Waals surface area contributed by atoms with Gasteiger partial charge in [-0.05, 0) is 43.2 Å². The molecule has 1 aliphatic carbocycles. The standard InChI is InChI=1S/C27H35ClN8O2/c1-3-20-14-30-11-12-35(20)26-34-24-22(36(26)15-17-9-7-16(2)8-10-17)21(18-5-4-6-19(28)13-18)31-25(33-24)23(29)32-27(37)38/h4-6,13,16-17,20,30H,3,7-12,14-15H2,1-2H3,(H2,29,32)(H,37,38).